The molecule has 13 heavy (non-hydrogen) atoms. The van der Waals surface area contributed by atoms with Crippen molar-refractivity contribution in [1.82, 2.24) is 10.2 Å². The van der Waals surface area contributed by atoms with Gasteiger partial charge in [0.05, 0.1) is 18.5 Å². The van der Waals surface area contributed by atoms with Crippen molar-refractivity contribution < 1.29 is 13.5 Å². The number of hydrogen-bond donors (Lipinski definition) is 3. The summed E-state index contributed by atoms with van der Waals surface area (Å²) in [5.74, 6) is 0. The highest BCUT2D eigenvalue weighted by Gasteiger charge is 2.19. The van der Waals surface area contributed by atoms with Crippen LogP contribution in [-0.2, 0) is 10.0 Å². The summed E-state index contributed by atoms with van der Waals surface area (Å²) in [6.07, 6.45) is 2.77. The van der Waals surface area contributed by atoms with Crippen LogP contribution in [0.25, 0.3) is 0 Å². The Labute approximate surface area is 76.0 Å². The van der Waals surface area contributed by atoms with Gasteiger partial charge in [0.2, 0.25) is 10.0 Å². The summed E-state index contributed by atoms with van der Waals surface area (Å²) >= 11 is 0. The Bertz CT molecular complexity index is 345. The highest BCUT2D eigenvalue weighted by Crippen LogP contribution is 2.08. The van der Waals surface area contributed by atoms with E-state index in [-0.39, 0.29) is 0 Å². The molecule has 7 heteroatoms. The van der Waals surface area contributed by atoms with E-state index in [0.29, 0.717) is 5.69 Å². The summed E-state index contributed by atoms with van der Waals surface area (Å²) in [5, 5.41) is 13.9. The second-order valence-corrected chi connectivity index (χ2v) is 4.73. The quantitative estimate of drug-likeness (QED) is 0.619. The van der Waals surface area contributed by atoms with E-state index >= 15 is 0 Å². The number of aromatic amines is 1. The summed E-state index contributed by atoms with van der Waals surface area (Å²) in [4.78, 5) is 0. The molecule has 74 valence electrons. The first-order chi connectivity index (χ1) is 6.06. The standard InChI is InChI=1S/C6H11N3O3S/c1-5(4-10)13(11,12)9-6-2-7-8-3-6/h2-3,5,9-10H,4H2,1H3,(H,7,8). The van der Waals surface area contributed by atoms with E-state index in [0.717, 1.165) is 0 Å². The van der Waals surface area contributed by atoms with Crippen LogP contribution in [0.15, 0.2) is 12.4 Å². The van der Waals surface area contributed by atoms with Crippen LogP contribution in [0.4, 0.5) is 5.69 Å². The van der Waals surface area contributed by atoms with E-state index in [1.165, 1.54) is 19.3 Å². The summed E-state index contributed by atoms with van der Waals surface area (Å²) in [6, 6.07) is 0. The number of hydrogen-bond acceptors (Lipinski definition) is 4. The molecule has 0 aliphatic rings. The maximum absolute atomic E-state index is 11.3. The van der Waals surface area contributed by atoms with E-state index in [2.05, 4.69) is 14.9 Å². The van der Waals surface area contributed by atoms with Crippen LogP contribution in [0.5, 0.6) is 0 Å². The molecule has 0 aromatic carbocycles. The van der Waals surface area contributed by atoms with Gasteiger partial charge >= 0.3 is 0 Å². The molecule has 0 aliphatic heterocycles. The van der Waals surface area contributed by atoms with Gasteiger partial charge in [-0.15, -0.1) is 0 Å². The molecule has 1 rings (SSSR count). The zero-order valence-corrected chi connectivity index (χ0v) is 7.87. The normalized spacial score (nSPS) is 14.0. The number of anilines is 1. The zero-order valence-electron chi connectivity index (χ0n) is 7.06. The van der Waals surface area contributed by atoms with E-state index < -0.39 is 21.9 Å². The summed E-state index contributed by atoms with van der Waals surface area (Å²) in [5.41, 5.74) is 0.361. The van der Waals surface area contributed by atoms with Gasteiger partial charge in [-0.25, -0.2) is 8.42 Å². The minimum Gasteiger partial charge on any atom is -0.395 e. The number of aromatic nitrogens is 2. The van der Waals surface area contributed by atoms with Crippen LogP contribution in [0.2, 0.25) is 0 Å². The van der Waals surface area contributed by atoms with E-state index in [9.17, 15) is 8.42 Å². The Hall–Kier alpha value is -1.08. The van der Waals surface area contributed by atoms with Crippen LogP contribution < -0.4 is 4.72 Å². The molecule has 0 amide bonds. The number of rotatable bonds is 4. The summed E-state index contributed by atoms with van der Waals surface area (Å²) in [7, 11) is -3.49. The van der Waals surface area contributed by atoms with Crippen molar-refractivity contribution in [2.24, 2.45) is 0 Å². The van der Waals surface area contributed by atoms with Crippen LogP contribution in [0.1, 0.15) is 6.92 Å². The fraction of sp³-hybridized carbons (Fsp3) is 0.500. The van der Waals surface area contributed by atoms with Gasteiger partial charge in [-0.05, 0) is 6.92 Å². The molecular formula is C6H11N3O3S. The van der Waals surface area contributed by atoms with Crippen molar-refractivity contribution in [1.29, 1.82) is 0 Å². The third kappa shape index (κ3) is 2.43. The third-order valence-electron chi connectivity index (χ3n) is 1.55. The molecule has 6 nitrogen and oxygen atoms in total. The Morgan fingerprint density at radius 2 is 2.46 bits per heavy atom. The Balaban J connectivity index is 2.74. The lowest BCUT2D eigenvalue weighted by Gasteiger charge is -2.10. The minimum atomic E-state index is -3.49. The van der Waals surface area contributed by atoms with Crippen molar-refractivity contribution in [3.8, 4) is 0 Å². The number of nitrogens with zero attached hydrogens (tertiary/aromatic N) is 1. The molecular weight excluding hydrogens is 194 g/mol. The first-order valence-corrected chi connectivity index (χ1v) is 5.22. The second kappa shape index (κ2) is 3.75. The van der Waals surface area contributed by atoms with Crippen molar-refractivity contribution in [2.45, 2.75) is 12.2 Å². The van der Waals surface area contributed by atoms with Gasteiger partial charge in [0.1, 0.15) is 5.25 Å². The van der Waals surface area contributed by atoms with Crippen molar-refractivity contribution >= 4 is 15.7 Å². The molecule has 0 radical (unpaired) electrons. The lowest BCUT2D eigenvalue weighted by molar-refractivity contribution is 0.296. The second-order valence-electron chi connectivity index (χ2n) is 2.63. The Kier molecular flexibility index (Phi) is 2.89. The maximum Gasteiger partial charge on any atom is 0.237 e. The fourth-order valence-electron chi connectivity index (χ4n) is 0.670. The van der Waals surface area contributed by atoms with Crippen LogP contribution in [-0.4, -0.2) is 35.6 Å². The Morgan fingerprint density at radius 3 is 2.92 bits per heavy atom. The molecule has 1 aromatic rings. The molecule has 0 fully saturated rings. The monoisotopic (exact) mass is 205 g/mol. The average Bonchev–Trinajstić information content (AvgIpc) is 2.54. The molecule has 1 atom stereocenters. The van der Waals surface area contributed by atoms with Gasteiger partial charge in [0.25, 0.3) is 0 Å². The average molecular weight is 205 g/mol. The molecule has 0 spiro atoms. The van der Waals surface area contributed by atoms with Gasteiger partial charge in [0, 0.05) is 6.20 Å². The van der Waals surface area contributed by atoms with Crippen LogP contribution in [0, 0.1) is 0 Å². The molecule has 3 N–H and O–H groups in total. The minimum absolute atomic E-state index is 0.361. The number of aliphatic hydroxyl groups is 1. The number of H-pyrrole nitrogens is 1. The van der Waals surface area contributed by atoms with Crippen molar-refractivity contribution in [3.05, 3.63) is 12.4 Å². The predicted octanol–water partition coefficient (Wildman–Crippen LogP) is -0.468. The van der Waals surface area contributed by atoms with Crippen molar-refractivity contribution in [3.63, 3.8) is 0 Å². The van der Waals surface area contributed by atoms with Gasteiger partial charge < -0.3 is 5.11 Å². The smallest absolute Gasteiger partial charge is 0.237 e. The summed E-state index contributed by atoms with van der Waals surface area (Å²) < 4.78 is 24.9. The molecule has 0 saturated carbocycles. The lowest BCUT2D eigenvalue weighted by atomic mass is 10.5. The zero-order chi connectivity index (χ0) is 9.90. The molecule has 0 aliphatic carbocycles. The number of aliphatic hydroxyl groups excluding tert-OH is 1. The molecule has 0 saturated heterocycles. The van der Waals surface area contributed by atoms with E-state index in [1.807, 2.05) is 0 Å². The molecule has 1 aromatic heterocycles. The van der Waals surface area contributed by atoms with Gasteiger partial charge in [-0.3, -0.25) is 9.82 Å². The Morgan fingerprint density at radius 1 is 1.77 bits per heavy atom. The highest BCUT2D eigenvalue weighted by atomic mass is 32.2. The lowest BCUT2D eigenvalue weighted by Crippen LogP contribution is -2.27. The fourth-order valence-corrected chi connectivity index (χ4v) is 1.51. The first kappa shape index (κ1) is 10.0. The van der Waals surface area contributed by atoms with Gasteiger partial charge in [-0.1, -0.05) is 0 Å². The van der Waals surface area contributed by atoms with E-state index in [1.54, 1.807) is 0 Å². The van der Waals surface area contributed by atoms with E-state index in [4.69, 9.17) is 5.11 Å². The molecule has 0 bridgehead atoms. The SMILES string of the molecule is CC(CO)S(=O)(=O)Nc1cn[nH]c1. The topological polar surface area (TPSA) is 95.1 Å². The number of nitrogens with one attached hydrogen (secondary N) is 2. The molecule has 1 unspecified atom stereocenters. The first-order valence-electron chi connectivity index (χ1n) is 3.67. The predicted molar refractivity (Wildman–Crippen MR) is 47.7 cm³/mol. The van der Waals surface area contributed by atoms with Gasteiger partial charge in [-0.2, -0.15) is 5.10 Å². The largest absolute Gasteiger partial charge is 0.395 e. The maximum atomic E-state index is 11.3. The third-order valence-corrected chi connectivity index (χ3v) is 3.27. The number of sulfonamides is 1. The van der Waals surface area contributed by atoms with Gasteiger partial charge in [0.15, 0.2) is 0 Å². The summed E-state index contributed by atoms with van der Waals surface area (Å²) in [6.45, 7) is 1.01. The van der Waals surface area contributed by atoms with Crippen LogP contribution in [0.3, 0.4) is 0 Å². The highest BCUT2D eigenvalue weighted by molar-refractivity contribution is 7.93. The van der Waals surface area contributed by atoms with Crippen LogP contribution >= 0.6 is 0 Å². The molecule has 1 heterocycles. The van der Waals surface area contributed by atoms with Crippen molar-refractivity contribution in [2.75, 3.05) is 11.3 Å².